The molecule has 1 aromatic carbocycles. The van der Waals surface area contributed by atoms with Gasteiger partial charge in [-0.2, -0.15) is 0 Å². The quantitative estimate of drug-likeness (QED) is 0.886. The normalized spacial score (nSPS) is 11.1. The Balaban J connectivity index is 2.79. The van der Waals surface area contributed by atoms with Crippen molar-refractivity contribution in [1.82, 2.24) is 9.62 Å². The summed E-state index contributed by atoms with van der Waals surface area (Å²) in [4.78, 5) is 23.6. The van der Waals surface area contributed by atoms with Gasteiger partial charge in [-0.05, 0) is 26.0 Å². The Kier molecular flexibility index (Phi) is 5.56. The monoisotopic (exact) mass is 333 g/mol. The van der Waals surface area contributed by atoms with E-state index >= 15 is 0 Å². The van der Waals surface area contributed by atoms with Gasteiger partial charge in [-0.1, -0.05) is 23.7 Å². The number of halogens is 1. The van der Waals surface area contributed by atoms with Crippen LogP contribution in [0.1, 0.15) is 13.8 Å². The number of sulfonamides is 1. The second kappa shape index (κ2) is 6.77. The standard InChI is InChI=1S/C12H16ClN3O4S/c1-8(2)16(21(3,19)20)12(18)15-11(17)14-10-7-5-4-6-9(10)13/h4-8H,1-3H3,(H2,14,15,17,18). The van der Waals surface area contributed by atoms with Crippen LogP contribution in [0.3, 0.4) is 0 Å². The summed E-state index contributed by atoms with van der Waals surface area (Å²) in [5.41, 5.74) is 0.305. The van der Waals surface area contributed by atoms with Crippen molar-refractivity contribution in [3.8, 4) is 0 Å². The SMILES string of the molecule is CC(C)N(C(=O)NC(=O)Nc1ccccc1Cl)S(C)(=O)=O. The van der Waals surface area contributed by atoms with E-state index in [9.17, 15) is 18.0 Å². The number of urea groups is 2. The van der Waals surface area contributed by atoms with Crippen LogP contribution in [-0.2, 0) is 10.0 Å². The fourth-order valence-electron chi connectivity index (χ4n) is 1.64. The molecule has 1 aromatic rings. The maximum atomic E-state index is 11.9. The van der Waals surface area contributed by atoms with Gasteiger partial charge in [0.1, 0.15) is 0 Å². The zero-order chi connectivity index (χ0) is 16.2. The molecular weight excluding hydrogens is 318 g/mol. The highest BCUT2D eigenvalue weighted by molar-refractivity contribution is 7.88. The number of hydrogen-bond donors (Lipinski definition) is 2. The molecule has 0 fully saturated rings. The Labute approximate surface area is 128 Å². The Morgan fingerprint density at radius 3 is 2.29 bits per heavy atom. The van der Waals surface area contributed by atoms with Gasteiger partial charge in [-0.25, -0.2) is 22.3 Å². The van der Waals surface area contributed by atoms with Gasteiger partial charge in [0.15, 0.2) is 0 Å². The molecule has 0 aliphatic heterocycles. The summed E-state index contributed by atoms with van der Waals surface area (Å²) >= 11 is 5.86. The van der Waals surface area contributed by atoms with Crippen LogP contribution in [0.15, 0.2) is 24.3 Å². The molecule has 2 N–H and O–H groups in total. The number of anilines is 1. The summed E-state index contributed by atoms with van der Waals surface area (Å²) < 4.78 is 23.6. The highest BCUT2D eigenvalue weighted by atomic mass is 35.5. The predicted molar refractivity (Wildman–Crippen MR) is 80.8 cm³/mol. The third kappa shape index (κ3) is 4.91. The number of carbonyl (C=O) groups is 2. The smallest absolute Gasteiger partial charge is 0.306 e. The van der Waals surface area contributed by atoms with Crippen molar-refractivity contribution in [3.05, 3.63) is 29.3 Å². The molecule has 0 bridgehead atoms. The van der Waals surface area contributed by atoms with Crippen molar-refractivity contribution in [1.29, 1.82) is 0 Å². The highest BCUT2D eigenvalue weighted by Crippen LogP contribution is 2.20. The predicted octanol–water partition coefficient (Wildman–Crippen LogP) is 2.25. The van der Waals surface area contributed by atoms with Gasteiger partial charge < -0.3 is 5.32 Å². The van der Waals surface area contributed by atoms with Crippen LogP contribution in [0.4, 0.5) is 15.3 Å². The van der Waals surface area contributed by atoms with Crippen LogP contribution in [0.2, 0.25) is 5.02 Å². The minimum atomic E-state index is -3.77. The van der Waals surface area contributed by atoms with Crippen molar-refractivity contribution in [2.75, 3.05) is 11.6 Å². The first-order chi connectivity index (χ1) is 9.62. The van der Waals surface area contributed by atoms with Crippen LogP contribution in [-0.4, -0.2) is 37.1 Å². The number of rotatable bonds is 3. The van der Waals surface area contributed by atoms with Crippen molar-refractivity contribution in [3.63, 3.8) is 0 Å². The summed E-state index contributed by atoms with van der Waals surface area (Å²) in [7, 11) is -3.77. The van der Waals surface area contributed by atoms with Gasteiger partial charge in [0.05, 0.1) is 17.0 Å². The summed E-state index contributed by atoms with van der Waals surface area (Å²) in [6.45, 7) is 3.04. The number of amides is 4. The number of benzene rings is 1. The summed E-state index contributed by atoms with van der Waals surface area (Å²) in [5, 5.41) is 4.60. The fourth-order valence-corrected chi connectivity index (χ4v) is 2.93. The highest BCUT2D eigenvalue weighted by Gasteiger charge is 2.27. The maximum Gasteiger partial charge on any atom is 0.339 e. The molecule has 1 rings (SSSR count). The largest absolute Gasteiger partial charge is 0.339 e. The number of hydrogen-bond acceptors (Lipinski definition) is 4. The zero-order valence-corrected chi connectivity index (χ0v) is 13.3. The Hall–Kier alpha value is -1.80. The number of nitrogens with one attached hydrogen (secondary N) is 2. The van der Waals surface area contributed by atoms with Gasteiger partial charge in [-0.15, -0.1) is 0 Å². The van der Waals surface area contributed by atoms with Crippen molar-refractivity contribution in [2.45, 2.75) is 19.9 Å². The molecule has 9 heteroatoms. The summed E-state index contributed by atoms with van der Waals surface area (Å²) in [6.07, 6.45) is 0.887. The average Bonchev–Trinajstić information content (AvgIpc) is 2.29. The Bertz CT molecular complexity index is 646. The molecule has 0 unspecified atom stereocenters. The van der Waals surface area contributed by atoms with E-state index in [4.69, 9.17) is 11.6 Å². The molecule has 116 valence electrons. The molecule has 0 aliphatic carbocycles. The first-order valence-corrected chi connectivity index (χ1v) is 8.21. The van der Waals surface area contributed by atoms with Crippen molar-refractivity contribution >= 4 is 39.4 Å². The van der Waals surface area contributed by atoms with E-state index in [1.165, 1.54) is 13.8 Å². The molecule has 0 spiro atoms. The Morgan fingerprint density at radius 2 is 1.81 bits per heavy atom. The molecular formula is C12H16ClN3O4S. The lowest BCUT2D eigenvalue weighted by molar-refractivity contribution is 0.213. The number of imide groups is 1. The Morgan fingerprint density at radius 1 is 1.24 bits per heavy atom. The van der Waals surface area contributed by atoms with E-state index in [-0.39, 0.29) is 0 Å². The lowest BCUT2D eigenvalue weighted by Crippen LogP contribution is -2.49. The van der Waals surface area contributed by atoms with Gasteiger partial charge >= 0.3 is 12.1 Å². The lowest BCUT2D eigenvalue weighted by Gasteiger charge is -2.23. The second-order valence-corrected chi connectivity index (χ2v) is 6.78. The molecule has 0 heterocycles. The molecule has 4 amide bonds. The van der Waals surface area contributed by atoms with Crippen LogP contribution in [0.5, 0.6) is 0 Å². The molecule has 21 heavy (non-hydrogen) atoms. The minimum Gasteiger partial charge on any atom is -0.306 e. The molecule has 0 atom stereocenters. The third-order valence-electron chi connectivity index (χ3n) is 2.37. The van der Waals surface area contributed by atoms with E-state index in [0.29, 0.717) is 15.0 Å². The van der Waals surface area contributed by atoms with Gasteiger partial charge in [0.25, 0.3) is 0 Å². The average molecular weight is 334 g/mol. The summed E-state index contributed by atoms with van der Waals surface area (Å²) in [5.74, 6) is 0. The van der Waals surface area contributed by atoms with E-state index in [1.54, 1.807) is 24.3 Å². The van der Waals surface area contributed by atoms with Gasteiger partial charge in [-0.3, -0.25) is 5.32 Å². The van der Waals surface area contributed by atoms with Crippen molar-refractivity contribution < 1.29 is 18.0 Å². The fraction of sp³-hybridized carbons (Fsp3) is 0.333. The van der Waals surface area contributed by atoms with Gasteiger partial charge in [0.2, 0.25) is 10.0 Å². The van der Waals surface area contributed by atoms with E-state index < -0.39 is 28.1 Å². The first kappa shape index (κ1) is 17.3. The van der Waals surface area contributed by atoms with Crippen LogP contribution in [0, 0.1) is 0 Å². The first-order valence-electron chi connectivity index (χ1n) is 5.99. The van der Waals surface area contributed by atoms with Crippen LogP contribution < -0.4 is 10.6 Å². The molecule has 0 aromatic heterocycles. The van der Waals surface area contributed by atoms with E-state index in [1.807, 2.05) is 5.32 Å². The van der Waals surface area contributed by atoms with Crippen LogP contribution >= 0.6 is 11.6 Å². The molecule has 7 nitrogen and oxygen atoms in total. The number of para-hydroxylation sites is 1. The topological polar surface area (TPSA) is 95.6 Å². The zero-order valence-electron chi connectivity index (χ0n) is 11.8. The number of nitrogens with zero attached hydrogens (tertiary/aromatic N) is 1. The molecule has 0 radical (unpaired) electrons. The van der Waals surface area contributed by atoms with Crippen molar-refractivity contribution in [2.24, 2.45) is 0 Å². The molecule has 0 saturated carbocycles. The molecule has 0 aliphatic rings. The number of carbonyl (C=O) groups excluding carboxylic acids is 2. The second-order valence-electron chi connectivity index (χ2n) is 4.52. The van der Waals surface area contributed by atoms with E-state index in [0.717, 1.165) is 6.26 Å². The minimum absolute atomic E-state index is 0.295. The summed E-state index contributed by atoms with van der Waals surface area (Å²) in [6, 6.07) is 3.92. The third-order valence-corrected chi connectivity index (χ3v) is 4.00. The maximum absolute atomic E-state index is 11.9. The molecule has 0 saturated heterocycles. The van der Waals surface area contributed by atoms with Gasteiger partial charge in [0, 0.05) is 6.04 Å². The van der Waals surface area contributed by atoms with Crippen LogP contribution in [0.25, 0.3) is 0 Å². The lowest BCUT2D eigenvalue weighted by atomic mass is 10.3. The van der Waals surface area contributed by atoms with E-state index in [2.05, 4.69) is 5.32 Å².